The van der Waals surface area contributed by atoms with Gasteiger partial charge in [-0.3, -0.25) is 0 Å². The number of ether oxygens (including phenoxy) is 1. The lowest BCUT2D eigenvalue weighted by atomic mass is 9.90. The SMILES string of the molecule is CN1c2ccccc2-c2nc3cc4c(cc3n2C1(C)C)C(C)(C)OC4(C)C. The number of rotatable bonds is 0. The molecule has 0 unspecified atom stereocenters. The quantitative estimate of drug-likeness (QED) is 0.541. The first-order chi connectivity index (χ1) is 12.5. The average molecular weight is 361 g/mol. The molecule has 3 aromatic rings. The van der Waals surface area contributed by atoms with Crippen molar-refractivity contribution in [3.63, 3.8) is 0 Å². The van der Waals surface area contributed by atoms with Crippen LogP contribution in [0, 0.1) is 0 Å². The summed E-state index contributed by atoms with van der Waals surface area (Å²) < 4.78 is 8.75. The summed E-state index contributed by atoms with van der Waals surface area (Å²) in [6.45, 7) is 13.1. The molecule has 5 rings (SSSR count). The van der Waals surface area contributed by atoms with Crippen LogP contribution in [-0.4, -0.2) is 16.6 Å². The second kappa shape index (κ2) is 4.74. The molecule has 0 N–H and O–H groups in total. The van der Waals surface area contributed by atoms with Gasteiger partial charge in [0.05, 0.1) is 22.2 Å². The maximum absolute atomic E-state index is 6.37. The van der Waals surface area contributed by atoms with Crippen molar-refractivity contribution in [2.45, 2.75) is 58.4 Å². The number of hydrogen-bond donors (Lipinski definition) is 0. The molecule has 0 bridgehead atoms. The predicted molar refractivity (Wildman–Crippen MR) is 110 cm³/mol. The second-order valence-electron chi connectivity index (χ2n) is 9.35. The standard InChI is InChI=1S/C23H27N3O/c1-21(2)15-12-17-19(13-16(15)22(3,4)27-21)26-20(24-17)14-10-8-9-11-18(14)25(7)23(26,5)6/h8-13H,1-7H3. The number of aromatic nitrogens is 2. The van der Waals surface area contributed by atoms with Crippen molar-refractivity contribution in [1.82, 2.24) is 9.55 Å². The molecular weight excluding hydrogens is 334 g/mol. The third-order valence-corrected chi connectivity index (χ3v) is 6.48. The van der Waals surface area contributed by atoms with Gasteiger partial charge < -0.3 is 14.2 Å². The van der Waals surface area contributed by atoms with E-state index in [9.17, 15) is 0 Å². The molecule has 0 saturated carbocycles. The van der Waals surface area contributed by atoms with Crippen LogP contribution in [0.25, 0.3) is 22.4 Å². The fourth-order valence-corrected chi connectivity index (χ4v) is 5.00. The summed E-state index contributed by atoms with van der Waals surface area (Å²) in [4.78, 5) is 7.44. The van der Waals surface area contributed by atoms with E-state index in [0.29, 0.717) is 0 Å². The number of para-hydroxylation sites is 1. The Labute approximate surface area is 160 Å². The molecule has 0 fully saturated rings. The van der Waals surface area contributed by atoms with Gasteiger partial charge in [0.25, 0.3) is 0 Å². The van der Waals surface area contributed by atoms with Crippen LogP contribution in [-0.2, 0) is 21.6 Å². The molecule has 2 aliphatic heterocycles. The molecule has 2 aliphatic rings. The highest BCUT2D eigenvalue weighted by Crippen LogP contribution is 2.50. The van der Waals surface area contributed by atoms with E-state index in [2.05, 4.69) is 94.5 Å². The third-order valence-electron chi connectivity index (χ3n) is 6.48. The average Bonchev–Trinajstić information content (AvgIpc) is 3.05. The lowest BCUT2D eigenvalue weighted by Crippen LogP contribution is -2.46. The molecule has 0 amide bonds. The predicted octanol–water partition coefficient (Wildman–Crippen LogP) is 5.35. The van der Waals surface area contributed by atoms with E-state index in [1.807, 2.05) is 0 Å². The van der Waals surface area contributed by atoms with Crippen molar-refractivity contribution in [2.75, 3.05) is 11.9 Å². The second-order valence-corrected chi connectivity index (χ2v) is 9.35. The fourth-order valence-electron chi connectivity index (χ4n) is 5.00. The number of imidazole rings is 1. The minimum Gasteiger partial charge on any atom is -0.360 e. The Morgan fingerprint density at radius 3 is 2.22 bits per heavy atom. The number of nitrogens with zero attached hydrogens (tertiary/aromatic N) is 3. The van der Waals surface area contributed by atoms with E-state index >= 15 is 0 Å². The van der Waals surface area contributed by atoms with Crippen molar-refractivity contribution in [3.8, 4) is 11.4 Å². The van der Waals surface area contributed by atoms with Gasteiger partial charge in [-0.1, -0.05) is 12.1 Å². The van der Waals surface area contributed by atoms with Crippen LogP contribution in [0.4, 0.5) is 5.69 Å². The van der Waals surface area contributed by atoms with Gasteiger partial charge in [0.1, 0.15) is 11.5 Å². The zero-order chi connectivity index (χ0) is 19.4. The highest BCUT2D eigenvalue weighted by atomic mass is 16.5. The Balaban J connectivity index is 1.89. The van der Waals surface area contributed by atoms with E-state index < -0.39 is 0 Å². The van der Waals surface area contributed by atoms with E-state index in [1.54, 1.807) is 0 Å². The number of anilines is 1. The van der Waals surface area contributed by atoms with Crippen LogP contribution in [0.15, 0.2) is 36.4 Å². The van der Waals surface area contributed by atoms with Crippen LogP contribution in [0.3, 0.4) is 0 Å². The number of fused-ring (bicyclic) bond motifs is 6. The normalized spacial score (nSPS) is 21.1. The van der Waals surface area contributed by atoms with Crippen molar-refractivity contribution in [2.24, 2.45) is 0 Å². The Morgan fingerprint density at radius 2 is 1.52 bits per heavy atom. The first-order valence-electron chi connectivity index (χ1n) is 9.65. The molecule has 4 nitrogen and oxygen atoms in total. The Kier molecular flexibility index (Phi) is 2.95. The van der Waals surface area contributed by atoms with E-state index in [-0.39, 0.29) is 16.9 Å². The molecule has 0 saturated heterocycles. The molecule has 1 aromatic heterocycles. The summed E-state index contributed by atoms with van der Waals surface area (Å²) >= 11 is 0. The van der Waals surface area contributed by atoms with Crippen LogP contribution in [0.2, 0.25) is 0 Å². The summed E-state index contributed by atoms with van der Waals surface area (Å²) in [5.41, 5.74) is 6.30. The first kappa shape index (κ1) is 16.8. The van der Waals surface area contributed by atoms with Gasteiger partial charge in [0.15, 0.2) is 0 Å². The topological polar surface area (TPSA) is 30.3 Å². The van der Waals surface area contributed by atoms with E-state index in [0.717, 1.165) is 11.3 Å². The summed E-state index contributed by atoms with van der Waals surface area (Å²) in [6, 6.07) is 13.1. The van der Waals surface area contributed by atoms with Crippen molar-refractivity contribution >= 4 is 16.7 Å². The molecular formula is C23H27N3O. The zero-order valence-electron chi connectivity index (χ0n) is 17.2. The summed E-state index contributed by atoms with van der Waals surface area (Å²) in [5.74, 6) is 1.05. The molecule has 3 heterocycles. The molecule has 4 heteroatoms. The molecule has 27 heavy (non-hydrogen) atoms. The lowest BCUT2D eigenvalue weighted by Gasteiger charge is -2.44. The minimum atomic E-state index is -0.305. The molecule has 0 radical (unpaired) electrons. The van der Waals surface area contributed by atoms with Gasteiger partial charge in [-0.25, -0.2) is 4.98 Å². The van der Waals surface area contributed by atoms with Gasteiger partial charge in [0.2, 0.25) is 0 Å². The van der Waals surface area contributed by atoms with Crippen molar-refractivity contribution in [3.05, 3.63) is 47.5 Å². The molecule has 0 aliphatic carbocycles. The fraction of sp³-hybridized carbons (Fsp3) is 0.435. The molecule has 0 atom stereocenters. The summed E-state index contributed by atoms with van der Waals surface area (Å²) in [6.07, 6.45) is 0. The monoisotopic (exact) mass is 361 g/mol. The van der Waals surface area contributed by atoms with E-state index in [4.69, 9.17) is 9.72 Å². The van der Waals surface area contributed by atoms with Crippen molar-refractivity contribution in [1.29, 1.82) is 0 Å². The van der Waals surface area contributed by atoms with Crippen LogP contribution >= 0.6 is 0 Å². The Morgan fingerprint density at radius 1 is 0.889 bits per heavy atom. The maximum atomic E-state index is 6.37. The number of hydrogen-bond acceptors (Lipinski definition) is 3. The largest absolute Gasteiger partial charge is 0.360 e. The van der Waals surface area contributed by atoms with Crippen LogP contribution < -0.4 is 4.90 Å². The Hall–Kier alpha value is -2.33. The highest BCUT2D eigenvalue weighted by molar-refractivity contribution is 5.88. The molecule has 0 spiro atoms. The van der Waals surface area contributed by atoms with Gasteiger partial charge >= 0.3 is 0 Å². The summed E-state index contributed by atoms with van der Waals surface area (Å²) in [5, 5.41) is 0. The van der Waals surface area contributed by atoms with Crippen LogP contribution in [0.1, 0.15) is 52.7 Å². The van der Waals surface area contributed by atoms with Gasteiger partial charge in [-0.15, -0.1) is 0 Å². The van der Waals surface area contributed by atoms with E-state index in [1.165, 1.54) is 27.9 Å². The summed E-state index contributed by atoms with van der Waals surface area (Å²) in [7, 11) is 2.16. The Bertz CT molecular complexity index is 1100. The maximum Gasteiger partial charge on any atom is 0.145 e. The van der Waals surface area contributed by atoms with Gasteiger partial charge in [-0.2, -0.15) is 0 Å². The van der Waals surface area contributed by atoms with Crippen molar-refractivity contribution < 1.29 is 4.74 Å². The first-order valence-corrected chi connectivity index (χ1v) is 9.65. The van der Waals surface area contributed by atoms with Gasteiger partial charge in [0, 0.05) is 18.3 Å². The third kappa shape index (κ3) is 1.99. The highest BCUT2D eigenvalue weighted by Gasteiger charge is 2.44. The number of benzene rings is 2. The zero-order valence-corrected chi connectivity index (χ0v) is 17.2. The minimum absolute atomic E-state index is 0.216. The van der Waals surface area contributed by atoms with Crippen LogP contribution in [0.5, 0.6) is 0 Å². The molecule has 2 aromatic carbocycles. The smallest absolute Gasteiger partial charge is 0.145 e. The lowest BCUT2D eigenvalue weighted by molar-refractivity contribution is -0.105. The van der Waals surface area contributed by atoms with Gasteiger partial charge in [-0.05, 0) is 76.9 Å². The molecule has 140 valence electrons.